The number of rotatable bonds is 5. The largest absolute Gasteiger partial charge is 0.383 e. The molecule has 0 saturated carbocycles. The quantitative estimate of drug-likeness (QED) is 0.898. The molecule has 0 bridgehead atoms. The van der Waals surface area contributed by atoms with Crippen molar-refractivity contribution in [3.63, 3.8) is 0 Å². The van der Waals surface area contributed by atoms with Crippen LogP contribution in [0.5, 0.6) is 0 Å². The van der Waals surface area contributed by atoms with Crippen molar-refractivity contribution in [2.45, 2.75) is 27.0 Å². The standard InChI is InChI=1S/C15H21N3O/c1-11(2)8-18-10-17-14(15(18)16)13-6-4-5-12(7-13)9-19-3/h4-7,10-11H,8-9,16H2,1-3H3. The normalized spacial score (nSPS) is 11.2. The van der Waals surface area contributed by atoms with Gasteiger partial charge in [0.25, 0.3) is 0 Å². The molecule has 1 aromatic heterocycles. The van der Waals surface area contributed by atoms with Crippen LogP contribution in [-0.2, 0) is 17.9 Å². The fourth-order valence-corrected chi connectivity index (χ4v) is 2.13. The van der Waals surface area contributed by atoms with E-state index in [-0.39, 0.29) is 0 Å². The Bertz CT molecular complexity index is 546. The molecular weight excluding hydrogens is 238 g/mol. The summed E-state index contributed by atoms with van der Waals surface area (Å²) in [4.78, 5) is 4.44. The van der Waals surface area contributed by atoms with E-state index in [1.165, 1.54) is 0 Å². The second-order valence-corrected chi connectivity index (χ2v) is 5.16. The van der Waals surface area contributed by atoms with Gasteiger partial charge in [-0.05, 0) is 17.5 Å². The van der Waals surface area contributed by atoms with E-state index in [1.54, 1.807) is 7.11 Å². The minimum absolute atomic E-state index is 0.546. The van der Waals surface area contributed by atoms with E-state index in [4.69, 9.17) is 10.5 Å². The van der Waals surface area contributed by atoms with Gasteiger partial charge in [0.15, 0.2) is 0 Å². The molecule has 4 heteroatoms. The van der Waals surface area contributed by atoms with Gasteiger partial charge in [-0.15, -0.1) is 0 Å². The Hall–Kier alpha value is -1.81. The average Bonchev–Trinajstić information content (AvgIpc) is 2.71. The van der Waals surface area contributed by atoms with Crippen molar-refractivity contribution in [3.8, 4) is 11.3 Å². The summed E-state index contributed by atoms with van der Waals surface area (Å²) in [6, 6.07) is 8.14. The van der Waals surface area contributed by atoms with Gasteiger partial charge in [-0.2, -0.15) is 0 Å². The van der Waals surface area contributed by atoms with Crippen LogP contribution in [0, 0.1) is 5.92 Å². The molecule has 1 aromatic carbocycles. The van der Waals surface area contributed by atoms with Crippen molar-refractivity contribution in [3.05, 3.63) is 36.2 Å². The Labute approximate surface area is 114 Å². The van der Waals surface area contributed by atoms with E-state index in [9.17, 15) is 0 Å². The molecule has 0 atom stereocenters. The highest BCUT2D eigenvalue weighted by Crippen LogP contribution is 2.25. The SMILES string of the molecule is COCc1cccc(-c2ncn(CC(C)C)c2N)c1. The number of ether oxygens (including phenoxy) is 1. The lowest BCUT2D eigenvalue weighted by atomic mass is 10.1. The lowest BCUT2D eigenvalue weighted by molar-refractivity contribution is 0.185. The molecule has 0 radical (unpaired) electrons. The highest BCUT2D eigenvalue weighted by atomic mass is 16.5. The minimum Gasteiger partial charge on any atom is -0.383 e. The summed E-state index contributed by atoms with van der Waals surface area (Å²) in [6.07, 6.45) is 1.81. The zero-order valence-corrected chi connectivity index (χ0v) is 11.8. The van der Waals surface area contributed by atoms with Crippen LogP contribution in [0.25, 0.3) is 11.3 Å². The summed E-state index contributed by atoms with van der Waals surface area (Å²) in [7, 11) is 1.69. The first-order chi connectivity index (χ1) is 9.11. The fourth-order valence-electron chi connectivity index (χ4n) is 2.13. The monoisotopic (exact) mass is 259 g/mol. The van der Waals surface area contributed by atoms with Crippen LogP contribution in [0.4, 0.5) is 5.82 Å². The molecule has 0 aliphatic heterocycles. The van der Waals surface area contributed by atoms with Crippen LogP contribution < -0.4 is 5.73 Å². The van der Waals surface area contributed by atoms with Crippen LogP contribution in [0.2, 0.25) is 0 Å². The van der Waals surface area contributed by atoms with Gasteiger partial charge in [0, 0.05) is 19.2 Å². The molecule has 0 aliphatic rings. The summed E-state index contributed by atoms with van der Waals surface area (Å²) < 4.78 is 7.15. The Balaban J connectivity index is 2.31. The van der Waals surface area contributed by atoms with Gasteiger partial charge in [0.05, 0.1) is 12.9 Å². The lowest BCUT2D eigenvalue weighted by Gasteiger charge is -2.08. The number of hydrogen-bond donors (Lipinski definition) is 1. The fraction of sp³-hybridized carbons (Fsp3) is 0.400. The number of benzene rings is 1. The van der Waals surface area contributed by atoms with E-state index in [0.717, 1.165) is 29.2 Å². The number of nitrogens with two attached hydrogens (primary N) is 1. The van der Waals surface area contributed by atoms with E-state index < -0.39 is 0 Å². The van der Waals surface area contributed by atoms with Crippen molar-refractivity contribution < 1.29 is 4.74 Å². The molecule has 0 amide bonds. The van der Waals surface area contributed by atoms with Crippen LogP contribution in [-0.4, -0.2) is 16.7 Å². The zero-order valence-electron chi connectivity index (χ0n) is 11.8. The summed E-state index contributed by atoms with van der Waals surface area (Å²) in [5.41, 5.74) is 9.18. The predicted octanol–water partition coefficient (Wildman–Crippen LogP) is 2.93. The number of aromatic nitrogens is 2. The number of methoxy groups -OCH3 is 1. The Kier molecular flexibility index (Phi) is 4.22. The molecule has 0 saturated heterocycles. The molecule has 2 rings (SSSR count). The number of hydrogen-bond acceptors (Lipinski definition) is 3. The summed E-state index contributed by atoms with van der Waals surface area (Å²) in [5.74, 6) is 1.27. The van der Waals surface area contributed by atoms with Crippen LogP contribution >= 0.6 is 0 Å². The summed E-state index contributed by atoms with van der Waals surface area (Å²) in [6.45, 7) is 5.81. The maximum Gasteiger partial charge on any atom is 0.131 e. The number of nitrogen functional groups attached to an aromatic ring is 1. The Morgan fingerprint density at radius 1 is 1.37 bits per heavy atom. The van der Waals surface area contributed by atoms with Gasteiger partial charge in [-0.1, -0.05) is 32.0 Å². The summed E-state index contributed by atoms with van der Waals surface area (Å²) >= 11 is 0. The molecule has 102 valence electrons. The molecule has 2 N–H and O–H groups in total. The predicted molar refractivity (Wildman–Crippen MR) is 77.6 cm³/mol. The van der Waals surface area contributed by atoms with Crippen LogP contribution in [0.1, 0.15) is 19.4 Å². The highest BCUT2D eigenvalue weighted by molar-refractivity contribution is 5.70. The average molecular weight is 259 g/mol. The Morgan fingerprint density at radius 3 is 2.84 bits per heavy atom. The van der Waals surface area contributed by atoms with Crippen molar-refractivity contribution in [1.82, 2.24) is 9.55 Å². The molecule has 19 heavy (non-hydrogen) atoms. The third-order valence-corrected chi connectivity index (χ3v) is 2.95. The minimum atomic E-state index is 0.546. The van der Waals surface area contributed by atoms with Crippen molar-refractivity contribution in [1.29, 1.82) is 0 Å². The summed E-state index contributed by atoms with van der Waals surface area (Å²) in [5, 5.41) is 0. The van der Waals surface area contributed by atoms with Gasteiger partial charge >= 0.3 is 0 Å². The van der Waals surface area contributed by atoms with Gasteiger partial charge in [0.2, 0.25) is 0 Å². The van der Waals surface area contributed by atoms with Crippen molar-refractivity contribution in [2.75, 3.05) is 12.8 Å². The zero-order chi connectivity index (χ0) is 13.8. The number of anilines is 1. The Morgan fingerprint density at radius 2 is 2.16 bits per heavy atom. The van der Waals surface area contributed by atoms with Crippen molar-refractivity contribution >= 4 is 5.82 Å². The molecule has 1 heterocycles. The number of imidazole rings is 1. The van der Waals surface area contributed by atoms with E-state index in [2.05, 4.69) is 24.9 Å². The van der Waals surface area contributed by atoms with Gasteiger partial charge < -0.3 is 15.0 Å². The second kappa shape index (κ2) is 5.89. The molecule has 2 aromatic rings. The maximum absolute atomic E-state index is 6.18. The first-order valence-corrected chi connectivity index (χ1v) is 6.50. The van der Waals surface area contributed by atoms with Gasteiger partial charge in [0.1, 0.15) is 11.5 Å². The lowest BCUT2D eigenvalue weighted by Crippen LogP contribution is -2.06. The molecular formula is C15H21N3O. The second-order valence-electron chi connectivity index (χ2n) is 5.16. The maximum atomic E-state index is 6.18. The molecule has 4 nitrogen and oxygen atoms in total. The van der Waals surface area contributed by atoms with Crippen molar-refractivity contribution in [2.24, 2.45) is 5.92 Å². The highest BCUT2D eigenvalue weighted by Gasteiger charge is 2.11. The third kappa shape index (κ3) is 3.15. The van der Waals surface area contributed by atoms with E-state index >= 15 is 0 Å². The van der Waals surface area contributed by atoms with Gasteiger partial charge in [-0.3, -0.25) is 0 Å². The first-order valence-electron chi connectivity index (χ1n) is 6.50. The third-order valence-electron chi connectivity index (χ3n) is 2.95. The molecule has 0 unspecified atom stereocenters. The van der Waals surface area contributed by atoms with Crippen LogP contribution in [0.15, 0.2) is 30.6 Å². The molecule has 0 aliphatic carbocycles. The van der Waals surface area contributed by atoms with E-state index in [1.807, 2.05) is 29.1 Å². The smallest absolute Gasteiger partial charge is 0.131 e. The topological polar surface area (TPSA) is 53.1 Å². The first kappa shape index (κ1) is 13.6. The molecule has 0 fully saturated rings. The van der Waals surface area contributed by atoms with Gasteiger partial charge in [-0.25, -0.2) is 4.98 Å². The van der Waals surface area contributed by atoms with E-state index in [0.29, 0.717) is 12.5 Å². The molecule has 0 spiro atoms. The van der Waals surface area contributed by atoms with Crippen LogP contribution in [0.3, 0.4) is 0 Å². The number of nitrogens with zero attached hydrogens (tertiary/aromatic N) is 2.